The Bertz CT molecular complexity index is 433. The molecule has 1 aromatic carbocycles. The lowest BCUT2D eigenvalue weighted by atomic mass is 9.71. The van der Waals surface area contributed by atoms with E-state index in [-0.39, 0.29) is 11.7 Å². The highest BCUT2D eigenvalue weighted by Gasteiger charge is 2.31. The molecule has 0 bridgehead atoms. The molecule has 0 radical (unpaired) electrons. The zero-order valence-electron chi connectivity index (χ0n) is 12.5. The largest absolute Gasteiger partial charge is 0.316 e. The van der Waals surface area contributed by atoms with E-state index in [2.05, 4.69) is 19.2 Å². The SMILES string of the molecule is CCCNCC1CCC(C)CC1c1ccc(F)cc1F. The highest BCUT2D eigenvalue weighted by molar-refractivity contribution is 5.24. The fourth-order valence-corrected chi connectivity index (χ4v) is 3.34. The summed E-state index contributed by atoms with van der Waals surface area (Å²) < 4.78 is 27.1. The van der Waals surface area contributed by atoms with Crippen molar-refractivity contribution in [2.75, 3.05) is 13.1 Å². The number of rotatable bonds is 5. The molecule has 3 heteroatoms. The van der Waals surface area contributed by atoms with Crippen LogP contribution in [0, 0.1) is 23.5 Å². The summed E-state index contributed by atoms with van der Waals surface area (Å²) >= 11 is 0. The Labute approximate surface area is 120 Å². The topological polar surface area (TPSA) is 12.0 Å². The average Bonchev–Trinajstić information content (AvgIpc) is 2.41. The summed E-state index contributed by atoms with van der Waals surface area (Å²) in [6.07, 6.45) is 4.44. The summed E-state index contributed by atoms with van der Waals surface area (Å²) in [6.45, 7) is 6.31. The normalized spacial score (nSPS) is 26.7. The lowest BCUT2D eigenvalue weighted by Crippen LogP contribution is -2.32. The van der Waals surface area contributed by atoms with Crippen LogP contribution in [0.15, 0.2) is 18.2 Å². The lowest BCUT2D eigenvalue weighted by molar-refractivity contribution is 0.238. The molecule has 1 fully saturated rings. The molecule has 1 saturated carbocycles. The van der Waals surface area contributed by atoms with E-state index < -0.39 is 5.82 Å². The van der Waals surface area contributed by atoms with E-state index >= 15 is 0 Å². The molecule has 20 heavy (non-hydrogen) atoms. The zero-order valence-corrected chi connectivity index (χ0v) is 12.5. The monoisotopic (exact) mass is 281 g/mol. The van der Waals surface area contributed by atoms with Crippen LogP contribution in [0.3, 0.4) is 0 Å². The molecule has 3 unspecified atom stereocenters. The molecule has 112 valence electrons. The van der Waals surface area contributed by atoms with E-state index in [1.165, 1.54) is 12.5 Å². The summed E-state index contributed by atoms with van der Waals surface area (Å²) in [7, 11) is 0. The maximum absolute atomic E-state index is 14.1. The van der Waals surface area contributed by atoms with Crippen molar-refractivity contribution in [2.45, 2.75) is 45.4 Å². The summed E-state index contributed by atoms with van der Waals surface area (Å²) in [6, 6.07) is 4.04. The van der Waals surface area contributed by atoms with Crippen LogP contribution in [-0.2, 0) is 0 Å². The van der Waals surface area contributed by atoms with Gasteiger partial charge in [0.05, 0.1) is 0 Å². The summed E-state index contributed by atoms with van der Waals surface area (Å²) in [5.41, 5.74) is 0.696. The molecule has 1 aliphatic rings. The Hall–Kier alpha value is -0.960. The van der Waals surface area contributed by atoms with Gasteiger partial charge in [-0.05, 0) is 61.7 Å². The van der Waals surface area contributed by atoms with Gasteiger partial charge in [-0.15, -0.1) is 0 Å². The number of benzene rings is 1. The number of halogens is 2. The maximum Gasteiger partial charge on any atom is 0.129 e. The molecule has 0 heterocycles. The van der Waals surface area contributed by atoms with Gasteiger partial charge >= 0.3 is 0 Å². The van der Waals surface area contributed by atoms with Gasteiger partial charge in [-0.3, -0.25) is 0 Å². The highest BCUT2D eigenvalue weighted by Crippen LogP contribution is 2.41. The molecule has 3 atom stereocenters. The van der Waals surface area contributed by atoms with Crippen molar-refractivity contribution in [3.05, 3.63) is 35.4 Å². The smallest absolute Gasteiger partial charge is 0.129 e. The summed E-state index contributed by atoms with van der Waals surface area (Å²) in [5.74, 6) is 0.411. The molecule has 0 amide bonds. The number of hydrogen-bond donors (Lipinski definition) is 1. The van der Waals surface area contributed by atoms with Crippen molar-refractivity contribution in [1.82, 2.24) is 5.32 Å². The van der Waals surface area contributed by atoms with Gasteiger partial charge in [-0.25, -0.2) is 8.78 Å². The molecule has 0 aromatic heterocycles. The Morgan fingerprint density at radius 3 is 2.75 bits per heavy atom. The van der Waals surface area contributed by atoms with Gasteiger partial charge in [0.2, 0.25) is 0 Å². The van der Waals surface area contributed by atoms with Gasteiger partial charge in [0.15, 0.2) is 0 Å². The van der Waals surface area contributed by atoms with E-state index in [0.717, 1.165) is 38.4 Å². The molecule has 2 rings (SSSR count). The number of nitrogens with one attached hydrogen (secondary N) is 1. The van der Waals surface area contributed by atoms with Crippen LogP contribution in [-0.4, -0.2) is 13.1 Å². The van der Waals surface area contributed by atoms with Gasteiger partial charge in [0.25, 0.3) is 0 Å². The molecule has 1 aliphatic carbocycles. The van der Waals surface area contributed by atoms with Gasteiger partial charge < -0.3 is 5.32 Å². The van der Waals surface area contributed by atoms with Crippen LogP contribution in [0.2, 0.25) is 0 Å². The predicted octanol–water partition coefficient (Wildman–Crippen LogP) is 4.48. The molecule has 0 aliphatic heterocycles. The molecular weight excluding hydrogens is 256 g/mol. The first kappa shape index (κ1) is 15.4. The Morgan fingerprint density at radius 1 is 1.25 bits per heavy atom. The first-order valence-corrected chi connectivity index (χ1v) is 7.77. The molecule has 1 nitrogen and oxygen atoms in total. The second-order valence-corrected chi connectivity index (χ2v) is 6.15. The molecular formula is C17H25F2N. The lowest BCUT2D eigenvalue weighted by Gasteiger charge is -2.35. The van der Waals surface area contributed by atoms with Crippen LogP contribution >= 0.6 is 0 Å². The fourth-order valence-electron chi connectivity index (χ4n) is 3.34. The first-order chi connectivity index (χ1) is 9.61. The second-order valence-electron chi connectivity index (χ2n) is 6.15. The van der Waals surface area contributed by atoms with Gasteiger partial charge in [-0.2, -0.15) is 0 Å². The Kier molecular flexibility index (Phi) is 5.53. The summed E-state index contributed by atoms with van der Waals surface area (Å²) in [4.78, 5) is 0. The molecule has 1 N–H and O–H groups in total. The van der Waals surface area contributed by atoms with Gasteiger partial charge in [0, 0.05) is 6.07 Å². The van der Waals surface area contributed by atoms with Gasteiger partial charge in [-0.1, -0.05) is 26.3 Å². The van der Waals surface area contributed by atoms with Gasteiger partial charge in [0.1, 0.15) is 11.6 Å². The van der Waals surface area contributed by atoms with Crippen molar-refractivity contribution >= 4 is 0 Å². The van der Waals surface area contributed by atoms with E-state index in [1.54, 1.807) is 6.07 Å². The van der Waals surface area contributed by atoms with Crippen molar-refractivity contribution < 1.29 is 8.78 Å². The molecule has 1 aromatic rings. The van der Waals surface area contributed by atoms with Crippen molar-refractivity contribution in [3.8, 4) is 0 Å². The third-order valence-electron chi connectivity index (χ3n) is 4.45. The highest BCUT2D eigenvalue weighted by atomic mass is 19.1. The van der Waals surface area contributed by atoms with Crippen molar-refractivity contribution in [3.63, 3.8) is 0 Å². The standard InChI is InChI=1S/C17H25F2N/c1-3-8-20-11-13-5-4-12(2)9-16(13)15-7-6-14(18)10-17(15)19/h6-7,10,12-13,16,20H,3-5,8-9,11H2,1-2H3. The molecule has 0 saturated heterocycles. The van der Waals surface area contributed by atoms with Crippen LogP contribution in [0.1, 0.15) is 51.0 Å². The van der Waals surface area contributed by atoms with Crippen molar-refractivity contribution in [1.29, 1.82) is 0 Å². The van der Waals surface area contributed by atoms with E-state index in [4.69, 9.17) is 0 Å². The zero-order chi connectivity index (χ0) is 14.5. The second kappa shape index (κ2) is 7.16. The third-order valence-corrected chi connectivity index (χ3v) is 4.45. The fraction of sp³-hybridized carbons (Fsp3) is 0.647. The van der Waals surface area contributed by atoms with Crippen molar-refractivity contribution in [2.24, 2.45) is 11.8 Å². The number of hydrogen-bond acceptors (Lipinski definition) is 1. The molecule has 0 spiro atoms. The minimum atomic E-state index is -0.490. The van der Waals surface area contributed by atoms with E-state index in [1.807, 2.05) is 0 Å². The quantitative estimate of drug-likeness (QED) is 0.784. The summed E-state index contributed by atoms with van der Waals surface area (Å²) in [5, 5.41) is 3.45. The van der Waals surface area contributed by atoms with E-state index in [9.17, 15) is 8.78 Å². The first-order valence-electron chi connectivity index (χ1n) is 7.77. The predicted molar refractivity (Wildman–Crippen MR) is 78.8 cm³/mol. The van der Waals surface area contributed by atoms with Crippen LogP contribution in [0.25, 0.3) is 0 Å². The minimum absolute atomic E-state index is 0.212. The Balaban J connectivity index is 2.14. The Morgan fingerprint density at radius 2 is 2.05 bits per heavy atom. The van der Waals surface area contributed by atoms with Crippen LogP contribution in [0.5, 0.6) is 0 Å². The average molecular weight is 281 g/mol. The van der Waals surface area contributed by atoms with E-state index in [0.29, 0.717) is 17.4 Å². The maximum atomic E-state index is 14.1. The van der Waals surface area contributed by atoms with Crippen LogP contribution < -0.4 is 5.32 Å². The van der Waals surface area contributed by atoms with Crippen LogP contribution in [0.4, 0.5) is 8.78 Å². The minimum Gasteiger partial charge on any atom is -0.316 e. The third kappa shape index (κ3) is 3.78.